The zero-order chi connectivity index (χ0) is 14.6. The Morgan fingerprint density at radius 1 is 1.00 bits per heavy atom. The van der Waals surface area contributed by atoms with E-state index < -0.39 is 0 Å². The molecule has 0 aliphatic heterocycles. The second-order valence-electron chi connectivity index (χ2n) is 5.60. The molecular weight excluding hydrogens is 250 g/mol. The Labute approximate surface area is 118 Å². The molecule has 104 valence electrons. The second kappa shape index (κ2) is 5.78. The Bertz CT molecular complexity index is 646. The molecule has 0 unspecified atom stereocenters. The number of hydrogen-bond acceptors (Lipinski definition) is 2. The average molecular weight is 269 g/mol. The molecule has 0 aliphatic rings. The second-order valence-corrected chi connectivity index (χ2v) is 5.60. The molecule has 2 aromatic rings. The van der Waals surface area contributed by atoms with Crippen LogP contribution in [0, 0.1) is 0 Å². The van der Waals surface area contributed by atoms with E-state index in [0.717, 1.165) is 16.9 Å². The Morgan fingerprint density at radius 3 is 2.25 bits per heavy atom. The van der Waals surface area contributed by atoms with Gasteiger partial charge < -0.3 is 9.72 Å². The van der Waals surface area contributed by atoms with E-state index in [1.165, 1.54) is 0 Å². The fourth-order valence-corrected chi connectivity index (χ4v) is 1.76. The molecule has 3 nitrogen and oxygen atoms in total. The zero-order valence-electron chi connectivity index (χ0n) is 12.0. The molecule has 0 spiro atoms. The van der Waals surface area contributed by atoms with Crippen LogP contribution in [0.15, 0.2) is 47.4 Å². The predicted octanol–water partition coefficient (Wildman–Crippen LogP) is 3.72. The number of benzene rings is 1. The van der Waals surface area contributed by atoms with Crippen molar-refractivity contribution in [2.45, 2.75) is 26.4 Å². The van der Waals surface area contributed by atoms with Crippen LogP contribution in [-0.2, 0) is 0 Å². The van der Waals surface area contributed by atoms with Gasteiger partial charge in [-0.15, -0.1) is 0 Å². The number of ether oxygens (including phenoxy) is 1. The number of hydrogen-bond donors (Lipinski definition) is 1. The number of nitrogens with one attached hydrogen (secondary N) is 1. The highest BCUT2D eigenvalue weighted by atomic mass is 16.5. The van der Waals surface area contributed by atoms with Crippen LogP contribution in [0.5, 0.6) is 5.75 Å². The molecular formula is C17H19NO2. The number of H-pyrrole nitrogens is 1. The number of aromatic amines is 1. The SMILES string of the molecule is CC(C)(C)Oc1ccc(C=Cc2cc[nH]c(=O)c2)cc1. The topological polar surface area (TPSA) is 42.1 Å². The van der Waals surface area contributed by atoms with Gasteiger partial charge in [0.25, 0.3) is 0 Å². The molecule has 0 amide bonds. The lowest BCUT2D eigenvalue weighted by atomic mass is 10.1. The number of aromatic nitrogens is 1. The first kappa shape index (κ1) is 14.1. The van der Waals surface area contributed by atoms with Crippen molar-refractivity contribution in [1.29, 1.82) is 0 Å². The standard InChI is InChI=1S/C17H19NO2/c1-17(2,3)20-15-8-6-13(7-9-15)4-5-14-10-11-18-16(19)12-14/h4-12H,1-3H3,(H,18,19). The highest BCUT2D eigenvalue weighted by Crippen LogP contribution is 2.19. The van der Waals surface area contributed by atoms with Crippen molar-refractivity contribution in [1.82, 2.24) is 4.98 Å². The molecule has 0 fully saturated rings. The van der Waals surface area contributed by atoms with E-state index in [9.17, 15) is 4.79 Å². The molecule has 1 heterocycles. The van der Waals surface area contributed by atoms with Crippen LogP contribution >= 0.6 is 0 Å². The monoisotopic (exact) mass is 269 g/mol. The van der Waals surface area contributed by atoms with Gasteiger partial charge in [-0.1, -0.05) is 24.3 Å². The molecule has 0 saturated carbocycles. The Morgan fingerprint density at radius 2 is 1.65 bits per heavy atom. The van der Waals surface area contributed by atoms with Gasteiger partial charge in [0.1, 0.15) is 11.4 Å². The third-order valence-electron chi connectivity index (χ3n) is 2.57. The zero-order valence-corrected chi connectivity index (χ0v) is 12.0. The first-order valence-corrected chi connectivity index (χ1v) is 6.58. The van der Waals surface area contributed by atoms with Gasteiger partial charge in [-0.25, -0.2) is 0 Å². The van der Waals surface area contributed by atoms with Crippen molar-refractivity contribution in [3.63, 3.8) is 0 Å². The maximum absolute atomic E-state index is 11.2. The van der Waals surface area contributed by atoms with E-state index >= 15 is 0 Å². The largest absolute Gasteiger partial charge is 0.488 e. The third-order valence-corrected chi connectivity index (χ3v) is 2.57. The Balaban J connectivity index is 2.09. The maximum atomic E-state index is 11.2. The van der Waals surface area contributed by atoms with Crippen molar-refractivity contribution >= 4 is 12.2 Å². The first-order chi connectivity index (χ1) is 9.42. The summed E-state index contributed by atoms with van der Waals surface area (Å²) in [6.07, 6.45) is 5.52. The number of pyridine rings is 1. The van der Waals surface area contributed by atoms with E-state index in [2.05, 4.69) is 4.98 Å². The normalized spacial score (nSPS) is 11.8. The quantitative estimate of drug-likeness (QED) is 0.922. The minimum absolute atomic E-state index is 0.0962. The van der Waals surface area contributed by atoms with Gasteiger partial charge in [-0.05, 0) is 50.1 Å². The fraction of sp³-hybridized carbons (Fsp3) is 0.235. The van der Waals surface area contributed by atoms with E-state index in [-0.39, 0.29) is 11.2 Å². The van der Waals surface area contributed by atoms with Crippen LogP contribution in [0.2, 0.25) is 0 Å². The molecule has 0 atom stereocenters. The minimum Gasteiger partial charge on any atom is -0.488 e. The molecule has 2 rings (SSSR count). The van der Waals surface area contributed by atoms with Gasteiger partial charge in [0.15, 0.2) is 0 Å². The van der Waals surface area contributed by atoms with E-state index in [1.807, 2.05) is 63.3 Å². The van der Waals surface area contributed by atoms with Crippen LogP contribution in [-0.4, -0.2) is 10.6 Å². The van der Waals surface area contributed by atoms with E-state index in [4.69, 9.17) is 4.74 Å². The summed E-state index contributed by atoms with van der Waals surface area (Å²) >= 11 is 0. The van der Waals surface area contributed by atoms with Crippen LogP contribution in [0.1, 0.15) is 31.9 Å². The van der Waals surface area contributed by atoms with Crippen LogP contribution in [0.3, 0.4) is 0 Å². The summed E-state index contributed by atoms with van der Waals surface area (Å²) < 4.78 is 5.77. The Kier molecular flexibility index (Phi) is 4.08. The summed E-state index contributed by atoms with van der Waals surface area (Å²) in [6, 6.07) is 11.3. The first-order valence-electron chi connectivity index (χ1n) is 6.58. The summed E-state index contributed by atoms with van der Waals surface area (Å²) in [7, 11) is 0. The average Bonchev–Trinajstić information content (AvgIpc) is 2.36. The maximum Gasteiger partial charge on any atom is 0.248 e. The third kappa shape index (κ3) is 4.43. The molecule has 0 bridgehead atoms. The van der Waals surface area contributed by atoms with Crippen molar-refractivity contribution in [2.24, 2.45) is 0 Å². The van der Waals surface area contributed by atoms with E-state index in [0.29, 0.717) is 0 Å². The molecule has 3 heteroatoms. The smallest absolute Gasteiger partial charge is 0.248 e. The van der Waals surface area contributed by atoms with Crippen LogP contribution in [0.25, 0.3) is 12.2 Å². The van der Waals surface area contributed by atoms with Crippen molar-refractivity contribution in [3.8, 4) is 5.75 Å². The Hall–Kier alpha value is -2.29. The molecule has 20 heavy (non-hydrogen) atoms. The van der Waals surface area contributed by atoms with E-state index in [1.54, 1.807) is 12.3 Å². The van der Waals surface area contributed by atoms with Gasteiger partial charge in [-0.2, -0.15) is 0 Å². The van der Waals surface area contributed by atoms with Gasteiger partial charge in [0.05, 0.1) is 0 Å². The lowest BCUT2D eigenvalue weighted by molar-refractivity contribution is 0.131. The van der Waals surface area contributed by atoms with Crippen LogP contribution < -0.4 is 10.3 Å². The lowest BCUT2D eigenvalue weighted by Crippen LogP contribution is -2.22. The number of rotatable bonds is 3. The molecule has 1 aromatic carbocycles. The van der Waals surface area contributed by atoms with Crippen molar-refractivity contribution in [2.75, 3.05) is 0 Å². The highest BCUT2D eigenvalue weighted by Gasteiger charge is 2.10. The summed E-state index contributed by atoms with van der Waals surface area (Å²) in [4.78, 5) is 13.8. The van der Waals surface area contributed by atoms with Gasteiger partial charge in [0.2, 0.25) is 5.56 Å². The van der Waals surface area contributed by atoms with Gasteiger partial charge in [-0.3, -0.25) is 4.79 Å². The van der Waals surface area contributed by atoms with Gasteiger partial charge >= 0.3 is 0 Å². The summed E-state index contributed by atoms with van der Waals surface area (Å²) in [5.74, 6) is 0.853. The molecule has 0 radical (unpaired) electrons. The minimum atomic E-state index is -0.192. The summed E-state index contributed by atoms with van der Waals surface area (Å²) in [5, 5.41) is 0. The van der Waals surface area contributed by atoms with Crippen LogP contribution in [0.4, 0.5) is 0 Å². The summed E-state index contributed by atoms with van der Waals surface area (Å²) in [6.45, 7) is 6.06. The molecule has 1 aromatic heterocycles. The molecule has 0 saturated heterocycles. The summed E-state index contributed by atoms with van der Waals surface area (Å²) in [5.41, 5.74) is 1.65. The van der Waals surface area contributed by atoms with Crippen molar-refractivity contribution in [3.05, 3.63) is 64.1 Å². The molecule has 1 N–H and O–H groups in total. The van der Waals surface area contributed by atoms with Crippen molar-refractivity contribution < 1.29 is 4.74 Å². The predicted molar refractivity (Wildman–Crippen MR) is 82.8 cm³/mol. The molecule has 0 aliphatic carbocycles. The lowest BCUT2D eigenvalue weighted by Gasteiger charge is -2.21. The highest BCUT2D eigenvalue weighted by molar-refractivity contribution is 5.69. The fourth-order valence-electron chi connectivity index (χ4n) is 1.76. The van der Waals surface area contributed by atoms with Gasteiger partial charge in [0, 0.05) is 12.3 Å².